The van der Waals surface area contributed by atoms with Crippen LogP contribution < -0.4 is 16.0 Å². The molecule has 43 heavy (non-hydrogen) atoms. The molecule has 1 aromatic rings. The predicted octanol–water partition coefficient (Wildman–Crippen LogP) is 2.63. The number of rotatable bonds is 3. The lowest BCUT2D eigenvalue weighted by Gasteiger charge is -2.30. The molecule has 5 aliphatic rings. The van der Waals surface area contributed by atoms with Gasteiger partial charge < -0.3 is 35.2 Å². The molecule has 11 heteroatoms. The number of urea groups is 1. The molecule has 232 valence electrons. The summed E-state index contributed by atoms with van der Waals surface area (Å²) in [6.07, 6.45) is 10.0. The van der Waals surface area contributed by atoms with Gasteiger partial charge in [-0.25, -0.2) is 9.59 Å². The van der Waals surface area contributed by atoms with Gasteiger partial charge in [0.15, 0.2) is 0 Å². The minimum atomic E-state index is -0.792. The third-order valence-corrected chi connectivity index (χ3v) is 9.29. The van der Waals surface area contributed by atoms with Gasteiger partial charge in [-0.15, -0.1) is 0 Å². The molecule has 4 heterocycles. The van der Waals surface area contributed by atoms with Crippen molar-refractivity contribution in [2.45, 2.75) is 94.6 Å². The van der Waals surface area contributed by atoms with Crippen molar-refractivity contribution in [3.8, 4) is 0 Å². The van der Waals surface area contributed by atoms with Crippen LogP contribution in [0.2, 0.25) is 0 Å². The van der Waals surface area contributed by atoms with E-state index in [1.54, 1.807) is 4.90 Å². The highest BCUT2D eigenvalue weighted by molar-refractivity contribution is 5.93. The lowest BCUT2D eigenvalue weighted by molar-refractivity contribution is -0.140. The summed E-state index contributed by atoms with van der Waals surface area (Å²) in [5.74, 6) is -0.238. The second kappa shape index (κ2) is 13.4. The van der Waals surface area contributed by atoms with Gasteiger partial charge >= 0.3 is 12.1 Å². The van der Waals surface area contributed by atoms with Gasteiger partial charge in [0.05, 0.1) is 19.2 Å². The molecule has 3 fully saturated rings. The second-order valence-corrected chi connectivity index (χ2v) is 12.5. The molecule has 1 saturated carbocycles. The molecule has 6 atom stereocenters. The molecule has 4 aliphatic heterocycles. The number of amides is 5. The van der Waals surface area contributed by atoms with Gasteiger partial charge in [0.25, 0.3) is 0 Å². The van der Waals surface area contributed by atoms with Crippen molar-refractivity contribution in [1.29, 1.82) is 0 Å². The maximum absolute atomic E-state index is 14.1. The number of nitrogens with zero attached hydrogens (tertiary/aromatic N) is 2. The Morgan fingerprint density at radius 2 is 1.88 bits per heavy atom. The molecule has 6 rings (SSSR count). The van der Waals surface area contributed by atoms with E-state index in [-0.39, 0.29) is 36.9 Å². The highest BCUT2D eigenvalue weighted by atomic mass is 16.6. The number of nitrogens with one attached hydrogen (secondary N) is 3. The fourth-order valence-electron chi connectivity index (χ4n) is 6.67. The molecule has 11 nitrogen and oxygen atoms in total. The number of carbonyl (C=O) groups excluding carboxylic acids is 4. The molecule has 2 saturated heterocycles. The first-order valence-electron chi connectivity index (χ1n) is 15.9. The third kappa shape index (κ3) is 7.31. The summed E-state index contributed by atoms with van der Waals surface area (Å²) in [6, 6.07) is 6.04. The predicted molar refractivity (Wildman–Crippen MR) is 158 cm³/mol. The van der Waals surface area contributed by atoms with E-state index >= 15 is 0 Å². The van der Waals surface area contributed by atoms with Crippen LogP contribution >= 0.6 is 0 Å². The van der Waals surface area contributed by atoms with Gasteiger partial charge in [0.2, 0.25) is 11.8 Å². The van der Waals surface area contributed by atoms with Crippen LogP contribution in [-0.2, 0) is 32.0 Å². The Hall–Kier alpha value is -3.60. The van der Waals surface area contributed by atoms with Crippen LogP contribution in [0.3, 0.4) is 0 Å². The number of fused-ring (bicyclic) bond motifs is 3. The number of hydrogen-bond acceptors (Lipinski definition) is 6. The summed E-state index contributed by atoms with van der Waals surface area (Å²) in [5.41, 5.74) is 2.33. The van der Waals surface area contributed by atoms with E-state index < -0.39 is 30.3 Å². The van der Waals surface area contributed by atoms with Crippen molar-refractivity contribution in [3.63, 3.8) is 0 Å². The molecule has 0 aromatic heterocycles. The van der Waals surface area contributed by atoms with Crippen molar-refractivity contribution >= 4 is 23.9 Å². The van der Waals surface area contributed by atoms with E-state index in [9.17, 15) is 19.2 Å². The molecule has 3 N–H and O–H groups in total. The van der Waals surface area contributed by atoms with Crippen LogP contribution in [0.4, 0.5) is 9.59 Å². The summed E-state index contributed by atoms with van der Waals surface area (Å²) in [7, 11) is 0. The second-order valence-electron chi connectivity index (χ2n) is 12.5. The smallest absolute Gasteiger partial charge is 0.410 e. The van der Waals surface area contributed by atoms with E-state index in [4.69, 9.17) is 9.47 Å². The zero-order valence-corrected chi connectivity index (χ0v) is 24.7. The van der Waals surface area contributed by atoms with Gasteiger partial charge in [-0.05, 0) is 55.6 Å². The molecular weight excluding hydrogens is 550 g/mol. The van der Waals surface area contributed by atoms with Crippen LogP contribution in [-0.4, -0.2) is 90.3 Å². The monoisotopic (exact) mass is 593 g/mol. The van der Waals surface area contributed by atoms with E-state index in [2.05, 4.69) is 34.2 Å². The van der Waals surface area contributed by atoms with Crippen molar-refractivity contribution in [3.05, 3.63) is 47.5 Å². The number of carbonyl (C=O) groups is 4. The van der Waals surface area contributed by atoms with Gasteiger partial charge in [-0.2, -0.15) is 0 Å². The van der Waals surface area contributed by atoms with Gasteiger partial charge in [-0.3, -0.25) is 9.59 Å². The van der Waals surface area contributed by atoms with Crippen LogP contribution in [0, 0.1) is 5.92 Å². The van der Waals surface area contributed by atoms with E-state index in [1.807, 2.05) is 18.2 Å². The third-order valence-electron chi connectivity index (χ3n) is 9.29. The number of ether oxygens (including phenoxy) is 2. The first kappa shape index (κ1) is 29.5. The molecule has 1 aromatic carbocycles. The minimum absolute atomic E-state index is 0.0502. The minimum Gasteiger partial charge on any atom is -0.444 e. The summed E-state index contributed by atoms with van der Waals surface area (Å²) in [6.45, 7) is 2.18. The molecule has 0 spiro atoms. The topological polar surface area (TPSA) is 129 Å². The summed E-state index contributed by atoms with van der Waals surface area (Å²) < 4.78 is 11.3. The van der Waals surface area contributed by atoms with E-state index in [0.29, 0.717) is 38.6 Å². The average molecular weight is 594 g/mol. The van der Waals surface area contributed by atoms with Crippen LogP contribution in [0.1, 0.15) is 62.5 Å². The Bertz CT molecular complexity index is 1230. The van der Waals surface area contributed by atoms with Gasteiger partial charge in [-0.1, -0.05) is 49.3 Å². The number of hydrogen-bond donors (Lipinski definition) is 3. The Morgan fingerprint density at radius 1 is 1.02 bits per heavy atom. The van der Waals surface area contributed by atoms with Crippen molar-refractivity contribution < 1.29 is 28.7 Å². The molecular formula is C32H43N5O6. The Kier molecular flexibility index (Phi) is 9.16. The zero-order chi connectivity index (χ0) is 29.8. The number of allylic oxidation sites excluding steroid dienone is 1. The Morgan fingerprint density at radius 3 is 2.72 bits per heavy atom. The molecule has 0 radical (unpaired) electrons. The fraction of sp³-hybridized carbons (Fsp3) is 0.625. The maximum Gasteiger partial charge on any atom is 0.410 e. The first-order valence-corrected chi connectivity index (χ1v) is 15.9. The van der Waals surface area contributed by atoms with Gasteiger partial charge in [0.1, 0.15) is 18.2 Å². The lowest BCUT2D eigenvalue weighted by Crippen LogP contribution is -2.56. The summed E-state index contributed by atoms with van der Waals surface area (Å²) in [4.78, 5) is 56.9. The molecule has 0 bridgehead atoms. The van der Waals surface area contributed by atoms with Crippen LogP contribution in [0.5, 0.6) is 0 Å². The van der Waals surface area contributed by atoms with E-state index in [1.165, 1.54) is 10.5 Å². The SMILES string of the molecule is O=C(NC1CCOC1)N[C@H]1CCCCC/C=C\[C@@H]2C[C@H]2NC(=O)[C@@H]2C[C@@H](OC(=O)N3CCc4ccccc4C3)CN2C1=O. The van der Waals surface area contributed by atoms with Crippen LogP contribution in [0.15, 0.2) is 36.4 Å². The van der Waals surface area contributed by atoms with Crippen molar-refractivity contribution in [2.24, 2.45) is 5.92 Å². The zero-order valence-electron chi connectivity index (χ0n) is 24.7. The Balaban J connectivity index is 1.16. The summed E-state index contributed by atoms with van der Waals surface area (Å²) in [5, 5.41) is 8.92. The highest BCUT2D eigenvalue weighted by Gasteiger charge is 2.46. The standard InChI is InChI=1S/C32H43N5O6/c38-29-28-17-25(43-32(41)36-14-12-21-8-6-7-10-23(21)18-36)19-37(28)30(39)26(35-31(40)33-24-13-15-42-20-24)11-5-3-1-2-4-9-22-16-27(22)34-29/h4,6-10,22,24-28H,1-3,5,11-20H2,(H,34,38)(H2,33,35,40)/b9-4-/t22-,24?,25-,26+,27-,28+/m1/s1. The fourth-order valence-corrected chi connectivity index (χ4v) is 6.67. The number of benzene rings is 1. The summed E-state index contributed by atoms with van der Waals surface area (Å²) >= 11 is 0. The normalized spacial score (nSPS) is 31.8. The van der Waals surface area contributed by atoms with Gasteiger partial charge in [0, 0.05) is 32.2 Å². The van der Waals surface area contributed by atoms with Crippen LogP contribution in [0.25, 0.3) is 0 Å². The van der Waals surface area contributed by atoms with Crippen molar-refractivity contribution in [1.82, 2.24) is 25.8 Å². The highest BCUT2D eigenvalue weighted by Crippen LogP contribution is 2.33. The molecule has 1 unspecified atom stereocenters. The maximum atomic E-state index is 14.1. The Labute approximate surface area is 252 Å². The first-order chi connectivity index (χ1) is 20.9. The van der Waals surface area contributed by atoms with E-state index in [0.717, 1.165) is 50.5 Å². The molecule has 5 amide bonds. The molecule has 1 aliphatic carbocycles. The quantitative estimate of drug-likeness (QED) is 0.463. The average Bonchev–Trinajstić information content (AvgIpc) is 3.33. The lowest BCUT2D eigenvalue weighted by atomic mass is 10.0. The van der Waals surface area contributed by atoms with Crippen molar-refractivity contribution in [2.75, 3.05) is 26.3 Å². The largest absolute Gasteiger partial charge is 0.444 e.